The lowest BCUT2D eigenvalue weighted by Crippen LogP contribution is -2.58. The van der Waals surface area contributed by atoms with Crippen LogP contribution >= 0.6 is 11.8 Å². The molecule has 1 aromatic carbocycles. The molecule has 1 heterocycles. The van der Waals surface area contributed by atoms with E-state index in [4.69, 9.17) is 14.2 Å². The Hall–Kier alpha value is -1.32. The van der Waals surface area contributed by atoms with Crippen molar-refractivity contribution in [2.45, 2.75) is 71.2 Å². The molecule has 0 unspecified atom stereocenters. The lowest BCUT2D eigenvalue weighted by Gasteiger charge is -2.39. The average molecular weight is 415 g/mol. The molecule has 0 aliphatic carbocycles. The minimum atomic E-state index is -1.47. The van der Waals surface area contributed by atoms with E-state index in [2.05, 4.69) is 0 Å². The summed E-state index contributed by atoms with van der Waals surface area (Å²) in [5.41, 5.74) is 2.66. The summed E-state index contributed by atoms with van der Waals surface area (Å²) in [6, 6.07) is 0. The summed E-state index contributed by atoms with van der Waals surface area (Å²) in [5, 5.41) is 30.2. The topological polar surface area (TPSA) is 105 Å². The summed E-state index contributed by atoms with van der Waals surface area (Å²) in [6.45, 7) is 9.20. The Kier molecular flexibility index (Phi) is 7.38. The monoisotopic (exact) mass is 414 g/mol. The molecule has 158 valence electrons. The van der Waals surface area contributed by atoms with Crippen molar-refractivity contribution in [3.8, 4) is 11.5 Å². The van der Waals surface area contributed by atoms with Crippen LogP contribution < -0.4 is 9.47 Å². The minimum absolute atomic E-state index is 0.0199. The maximum atomic E-state index is 12.8. The number of aliphatic hydroxyl groups is 3. The summed E-state index contributed by atoms with van der Waals surface area (Å²) >= 11 is 1.07. The van der Waals surface area contributed by atoms with Crippen LogP contribution in [0.2, 0.25) is 0 Å². The van der Waals surface area contributed by atoms with Gasteiger partial charge in [0.15, 0.2) is 0 Å². The van der Waals surface area contributed by atoms with Gasteiger partial charge >= 0.3 is 0 Å². The number of carbonyl (C=O) groups excluding carboxylic acids is 1. The molecule has 28 heavy (non-hydrogen) atoms. The van der Waals surface area contributed by atoms with Gasteiger partial charge in [0.2, 0.25) is 11.4 Å². The Morgan fingerprint density at radius 2 is 1.68 bits per heavy atom. The van der Waals surface area contributed by atoms with Crippen molar-refractivity contribution in [3.05, 3.63) is 22.3 Å². The molecule has 0 aromatic heterocycles. The molecule has 1 aliphatic heterocycles. The smallest absolute Gasteiger partial charge is 0.229 e. The van der Waals surface area contributed by atoms with E-state index in [0.717, 1.165) is 22.9 Å². The minimum Gasteiger partial charge on any atom is -0.496 e. The zero-order chi connectivity index (χ0) is 21.3. The highest BCUT2D eigenvalue weighted by molar-refractivity contribution is 8.13. The molecule has 0 spiro atoms. The molecule has 1 aliphatic rings. The molecular formula is C20H30O7S. The summed E-state index contributed by atoms with van der Waals surface area (Å²) in [6.07, 6.45) is -4.43. The Labute approximate surface area is 170 Å². The summed E-state index contributed by atoms with van der Waals surface area (Å²) in [7, 11) is 1.55. The van der Waals surface area contributed by atoms with Crippen LogP contribution in [0.4, 0.5) is 0 Å². The third kappa shape index (κ3) is 4.02. The van der Waals surface area contributed by atoms with Crippen molar-refractivity contribution in [1.29, 1.82) is 0 Å². The van der Waals surface area contributed by atoms with Crippen LogP contribution in [0.15, 0.2) is 0 Å². The van der Waals surface area contributed by atoms with Crippen molar-refractivity contribution in [3.63, 3.8) is 0 Å². The van der Waals surface area contributed by atoms with Crippen molar-refractivity contribution in [1.82, 2.24) is 0 Å². The van der Waals surface area contributed by atoms with Crippen molar-refractivity contribution in [2.75, 3.05) is 13.4 Å². The number of hydrogen-bond acceptors (Lipinski definition) is 8. The Morgan fingerprint density at radius 1 is 1.07 bits per heavy atom. The normalized spacial score (nSPS) is 27.8. The van der Waals surface area contributed by atoms with Gasteiger partial charge in [0.05, 0.1) is 18.8 Å². The van der Waals surface area contributed by atoms with Crippen molar-refractivity contribution >= 4 is 16.9 Å². The van der Waals surface area contributed by atoms with Crippen molar-refractivity contribution in [2.24, 2.45) is 0 Å². The fraction of sp³-hybridized carbons (Fsp3) is 0.650. The molecule has 0 amide bonds. The summed E-state index contributed by atoms with van der Waals surface area (Å²) in [5.74, 6) is 0.868. The molecule has 3 N–H and O–H groups in total. The quantitative estimate of drug-likeness (QED) is 0.673. The van der Waals surface area contributed by atoms with E-state index in [1.165, 1.54) is 0 Å². The highest BCUT2D eigenvalue weighted by Gasteiger charge is 2.44. The van der Waals surface area contributed by atoms with Crippen LogP contribution in [-0.4, -0.2) is 64.5 Å². The van der Waals surface area contributed by atoms with Gasteiger partial charge in [0, 0.05) is 5.56 Å². The van der Waals surface area contributed by atoms with Crippen LogP contribution in [0.25, 0.3) is 0 Å². The van der Waals surface area contributed by atoms with E-state index in [1.54, 1.807) is 27.2 Å². The highest BCUT2D eigenvalue weighted by atomic mass is 32.2. The zero-order valence-electron chi connectivity index (χ0n) is 17.3. The van der Waals surface area contributed by atoms with E-state index >= 15 is 0 Å². The zero-order valence-corrected chi connectivity index (χ0v) is 18.2. The molecule has 1 aromatic rings. The Balaban J connectivity index is 2.65. The molecule has 0 radical (unpaired) electrons. The lowest BCUT2D eigenvalue weighted by atomic mass is 9.89. The Morgan fingerprint density at radius 3 is 2.18 bits per heavy atom. The van der Waals surface area contributed by atoms with Crippen molar-refractivity contribution < 1.29 is 34.3 Å². The van der Waals surface area contributed by atoms with Gasteiger partial charge in [-0.3, -0.25) is 4.79 Å². The second-order valence-electron chi connectivity index (χ2n) is 7.35. The van der Waals surface area contributed by atoms with E-state index in [-0.39, 0.29) is 16.8 Å². The molecule has 0 saturated carbocycles. The van der Waals surface area contributed by atoms with Gasteiger partial charge in [-0.1, -0.05) is 25.6 Å². The van der Waals surface area contributed by atoms with Crippen LogP contribution in [0.5, 0.6) is 11.5 Å². The number of hydrogen-bond donors (Lipinski definition) is 3. The molecule has 2 rings (SSSR count). The number of methoxy groups -OCH3 is 1. The fourth-order valence-corrected chi connectivity index (χ4v) is 4.12. The first-order chi connectivity index (χ1) is 13.1. The van der Waals surface area contributed by atoms with E-state index in [0.29, 0.717) is 16.9 Å². The second-order valence-corrected chi connectivity index (χ2v) is 8.13. The van der Waals surface area contributed by atoms with Crippen LogP contribution in [0.3, 0.4) is 0 Å². The first kappa shape index (κ1) is 23.0. The number of aliphatic hydroxyl groups excluding tert-OH is 3. The SMILES string of the molecule is COc1c(C)c(O[C@@H]2O[C@@H](C)[C@H](O)[C@@H](O)[C@H]2O)c(C(=O)SC)c(C(C)C)c1C. The maximum Gasteiger partial charge on any atom is 0.229 e. The van der Waals surface area contributed by atoms with E-state index in [1.807, 2.05) is 20.8 Å². The van der Waals surface area contributed by atoms with Crippen LogP contribution in [0, 0.1) is 13.8 Å². The van der Waals surface area contributed by atoms with Gasteiger partial charge in [-0.15, -0.1) is 0 Å². The maximum absolute atomic E-state index is 12.8. The second kappa shape index (κ2) is 9.00. The van der Waals surface area contributed by atoms with Crippen LogP contribution in [0.1, 0.15) is 53.7 Å². The molecule has 7 nitrogen and oxygen atoms in total. The van der Waals surface area contributed by atoms with Gasteiger partial charge < -0.3 is 29.5 Å². The first-order valence-electron chi connectivity index (χ1n) is 9.22. The van der Waals surface area contributed by atoms with Gasteiger partial charge in [-0.2, -0.15) is 0 Å². The fourth-order valence-electron chi connectivity index (χ4n) is 3.71. The van der Waals surface area contributed by atoms with Gasteiger partial charge in [0.1, 0.15) is 29.8 Å². The number of rotatable bonds is 5. The lowest BCUT2D eigenvalue weighted by molar-refractivity contribution is -0.268. The van der Waals surface area contributed by atoms with E-state index < -0.39 is 30.7 Å². The van der Waals surface area contributed by atoms with Gasteiger partial charge in [0.25, 0.3) is 0 Å². The van der Waals surface area contributed by atoms with E-state index in [9.17, 15) is 20.1 Å². The molecular weight excluding hydrogens is 384 g/mol. The number of ether oxygens (including phenoxy) is 3. The van der Waals surface area contributed by atoms with Gasteiger partial charge in [-0.25, -0.2) is 0 Å². The summed E-state index contributed by atoms with van der Waals surface area (Å²) in [4.78, 5) is 12.8. The predicted octanol–water partition coefficient (Wildman–Crippen LogP) is 2.14. The molecule has 1 fully saturated rings. The third-order valence-electron chi connectivity index (χ3n) is 5.14. The first-order valence-corrected chi connectivity index (χ1v) is 10.4. The average Bonchev–Trinajstić information content (AvgIpc) is 2.65. The Bertz CT molecular complexity index is 734. The molecule has 0 bridgehead atoms. The molecule has 1 saturated heterocycles. The summed E-state index contributed by atoms with van der Waals surface area (Å²) < 4.78 is 17.1. The predicted molar refractivity (Wildman–Crippen MR) is 107 cm³/mol. The third-order valence-corrected chi connectivity index (χ3v) is 5.71. The largest absolute Gasteiger partial charge is 0.496 e. The number of carbonyl (C=O) groups is 1. The number of benzene rings is 1. The van der Waals surface area contributed by atoms with Gasteiger partial charge in [-0.05, 0) is 44.1 Å². The molecule has 5 atom stereocenters. The number of thioether (sulfide) groups is 1. The standard InChI is InChI=1S/C20H30O7S/c1-8(2)12-9(3)17(25-6)10(4)18(13(12)19(24)28-7)27-20-16(23)15(22)14(21)11(5)26-20/h8,11,14-16,20-23H,1-7H3/t11-,14-,15+,16+,20-/m0/s1. The molecule has 8 heteroatoms. The van der Waals surface area contributed by atoms with Crippen LogP contribution in [-0.2, 0) is 4.74 Å². The highest BCUT2D eigenvalue weighted by Crippen LogP contribution is 2.43.